The van der Waals surface area contributed by atoms with E-state index in [9.17, 15) is 0 Å². The average Bonchev–Trinajstić information content (AvgIpc) is 2.26. The van der Waals surface area contributed by atoms with Crippen LogP contribution in [0.25, 0.3) is 0 Å². The van der Waals surface area contributed by atoms with E-state index in [0.717, 1.165) is 12.8 Å². The van der Waals surface area contributed by atoms with E-state index in [1.54, 1.807) is 6.26 Å². The van der Waals surface area contributed by atoms with Crippen LogP contribution < -0.4 is 0 Å². The lowest BCUT2D eigenvalue weighted by Gasteiger charge is -2.25. The summed E-state index contributed by atoms with van der Waals surface area (Å²) in [5.41, 5.74) is 0. The molecular formula is C11H24O4Si. The molecule has 0 saturated carbocycles. The average molecular weight is 248 g/mol. The Bertz CT molecular complexity index is 168. The maximum atomic E-state index is 5.54. The Morgan fingerprint density at radius 2 is 1.38 bits per heavy atom. The highest BCUT2D eigenvalue weighted by atomic mass is 28.4. The quantitative estimate of drug-likeness (QED) is 0.440. The minimum atomic E-state index is -2.93. The largest absolute Gasteiger partial charge is 0.749 e. The molecule has 0 fully saturated rings. The first-order valence-corrected chi connectivity index (χ1v) is 7.62. The molecule has 0 bridgehead atoms. The van der Waals surface area contributed by atoms with Gasteiger partial charge in [0.05, 0.1) is 6.26 Å². The van der Waals surface area contributed by atoms with E-state index in [-0.39, 0.29) is 0 Å². The molecule has 16 heavy (non-hydrogen) atoms. The van der Waals surface area contributed by atoms with Crippen LogP contribution in [0.1, 0.15) is 40.5 Å². The van der Waals surface area contributed by atoms with E-state index >= 15 is 0 Å². The lowest BCUT2D eigenvalue weighted by molar-refractivity contribution is -0.00394. The van der Waals surface area contributed by atoms with Gasteiger partial charge in [-0.25, -0.2) is 0 Å². The Kier molecular flexibility index (Phi) is 9.61. The molecule has 0 rings (SSSR count). The van der Waals surface area contributed by atoms with Crippen molar-refractivity contribution in [3.63, 3.8) is 0 Å². The van der Waals surface area contributed by atoms with Crippen molar-refractivity contribution in [2.45, 2.75) is 40.5 Å². The molecular weight excluding hydrogens is 224 g/mol. The Balaban J connectivity index is 4.33. The fourth-order valence-corrected chi connectivity index (χ4v) is 2.90. The van der Waals surface area contributed by atoms with Crippen LogP contribution in [-0.2, 0) is 17.7 Å². The first-order chi connectivity index (χ1) is 7.74. The third kappa shape index (κ3) is 6.27. The number of allylic oxidation sites excluding steroid dienone is 1. The third-order valence-electron chi connectivity index (χ3n) is 1.73. The summed E-state index contributed by atoms with van der Waals surface area (Å²) >= 11 is 0. The first-order valence-electron chi connectivity index (χ1n) is 5.99. The number of unbranched alkanes of at least 4 members (excludes halogenated alkanes) is 1. The smallest absolute Gasteiger partial charge is 0.487 e. The highest BCUT2D eigenvalue weighted by molar-refractivity contribution is 6.53. The van der Waals surface area contributed by atoms with Crippen molar-refractivity contribution >= 4 is 9.05 Å². The summed E-state index contributed by atoms with van der Waals surface area (Å²) in [6.45, 7) is 9.38. The predicted molar refractivity (Wildman–Crippen MR) is 65.8 cm³/mol. The molecule has 0 unspecified atom stereocenters. The predicted octanol–water partition coefficient (Wildman–Crippen LogP) is 2.86. The van der Waals surface area contributed by atoms with Crippen molar-refractivity contribution in [3.8, 4) is 0 Å². The highest BCUT2D eigenvalue weighted by Crippen LogP contribution is 2.12. The molecule has 5 heteroatoms. The van der Waals surface area contributed by atoms with Crippen molar-refractivity contribution in [1.29, 1.82) is 0 Å². The normalized spacial score (nSPS) is 12.2. The molecule has 96 valence electrons. The zero-order valence-electron chi connectivity index (χ0n) is 10.8. The lowest BCUT2D eigenvalue weighted by Crippen LogP contribution is -2.48. The summed E-state index contributed by atoms with van der Waals surface area (Å²) in [6.07, 6.45) is 5.66. The third-order valence-corrected chi connectivity index (χ3v) is 4.08. The molecule has 0 spiro atoms. The summed E-state index contributed by atoms with van der Waals surface area (Å²) < 4.78 is 22.1. The zero-order valence-corrected chi connectivity index (χ0v) is 11.8. The van der Waals surface area contributed by atoms with Gasteiger partial charge in [-0.05, 0) is 27.2 Å². The Labute approximate surface area is 100 Å². The molecule has 0 atom stereocenters. The summed E-state index contributed by atoms with van der Waals surface area (Å²) in [6, 6.07) is 0. The van der Waals surface area contributed by atoms with Crippen LogP contribution in [-0.4, -0.2) is 28.9 Å². The molecule has 0 N–H and O–H groups in total. The second-order valence-corrected chi connectivity index (χ2v) is 5.18. The van der Waals surface area contributed by atoms with Crippen LogP contribution in [0.5, 0.6) is 0 Å². The van der Waals surface area contributed by atoms with Gasteiger partial charge in [0, 0.05) is 19.8 Å². The van der Waals surface area contributed by atoms with Gasteiger partial charge >= 0.3 is 9.05 Å². The number of rotatable bonds is 10. The van der Waals surface area contributed by atoms with E-state index in [0.29, 0.717) is 19.8 Å². The molecule has 0 aliphatic carbocycles. The summed E-state index contributed by atoms with van der Waals surface area (Å²) in [4.78, 5) is 0. The number of hydrogen-bond donors (Lipinski definition) is 0. The van der Waals surface area contributed by atoms with Crippen LogP contribution in [0.3, 0.4) is 0 Å². The van der Waals surface area contributed by atoms with Gasteiger partial charge in [0.15, 0.2) is 0 Å². The Morgan fingerprint density at radius 3 is 1.75 bits per heavy atom. The first kappa shape index (κ1) is 15.6. The maximum absolute atomic E-state index is 5.54. The molecule has 0 aliphatic rings. The van der Waals surface area contributed by atoms with Gasteiger partial charge in [0.1, 0.15) is 0 Å². The van der Waals surface area contributed by atoms with Gasteiger partial charge in [0.2, 0.25) is 0 Å². The van der Waals surface area contributed by atoms with Crippen molar-refractivity contribution in [2.75, 3.05) is 19.8 Å². The van der Waals surface area contributed by atoms with E-state index in [4.69, 9.17) is 17.7 Å². The van der Waals surface area contributed by atoms with E-state index < -0.39 is 9.05 Å². The van der Waals surface area contributed by atoms with Gasteiger partial charge in [-0.2, -0.15) is 0 Å². The zero-order chi connectivity index (χ0) is 12.3. The molecule has 0 aromatic heterocycles. The number of hydrogen-bond acceptors (Lipinski definition) is 4. The molecule has 0 amide bonds. The standard InChI is InChI=1S/C11H24O4Si/c1-5-9-10-11-15-16(12-6-2,13-7-3)14-8-4/h10-11H,5-9H2,1-4H3. The lowest BCUT2D eigenvalue weighted by atomic mass is 10.3. The van der Waals surface area contributed by atoms with Crippen LogP contribution in [0.2, 0.25) is 0 Å². The molecule has 0 aliphatic heterocycles. The highest BCUT2D eigenvalue weighted by Gasteiger charge is 2.46. The van der Waals surface area contributed by atoms with E-state index in [2.05, 4.69) is 6.92 Å². The van der Waals surface area contributed by atoms with Crippen LogP contribution >= 0.6 is 0 Å². The minimum absolute atomic E-state index is 0.522. The van der Waals surface area contributed by atoms with Crippen molar-refractivity contribution < 1.29 is 17.7 Å². The maximum Gasteiger partial charge on any atom is 0.749 e. The van der Waals surface area contributed by atoms with Gasteiger partial charge < -0.3 is 17.7 Å². The van der Waals surface area contributed by atoms with Gasteiger partial charge in [-0.3, -0.25) is 0 Å². The van der Waals surface area contributed by atoms with Crippen molar-refractivity contribution in [3.05, 3.63) is 12.3 Å². The van der Waals surface area contributed by atoms with Crippen LogP contribution in [0.4, 0.5) is 0 Å². The monoisotopic (exact) mass is 248 g/mol. The Hall–Kier alpha value is -0.363. The SMILES string of the molecule is CCCC=CO[Si](OCC)(OCC)OCC. The molecule has 4 nitrogen and oxygen atoms in total. The minimum Gasteiger partial charge on any atom is -0.487 e. The van der Waals surface area contributed by atoms with Crippen molar-refractivity contribution in [1.82, 2.24) is 0 Å². The molecule has 0 saturated heterocycles. The van der Waals surface area contributed by atoms with Gasteiger partial charge in [0.25, 0.3) is 0 Å². The van der Waals surface area contributed by atoms with Gasteiger partial charge in [-0.15, -0.1) is 0 Å². The fraction of sp³-hybridized carbons (Fsp3) is 0.818. The summed E-state index contributed by atoms with van der Waals surface area (Å²) in [5.74, 6) is 0. The fourth-order valence-electron chi connectivity index (χ4n) is 1.12. The van der Waals surface area contributed by atoms with E-state index in [1.165, 1.54) is 0 Å². The summed E-state index contributed by atoms with van der Waals surface area (Å²) in [5, 5.41) is 0. The molecule has 0 aromatic rings. The van der Waals surface area contributed by atoms with E-state index in [1.807, 2.05) is 26.8 Å². The van der Waals surface area contributed by atoms with Crippen molar-refractivity contribution in [2.24, 2.45) is 0 Å². The molecule has 0 aromatic carbocycles. The summed E-state index contributed by atoms with van der Waals surface area (Å²) in [7, 11) is -2.93. The Morgan fingerprint density at radius 1 is 0.875 bits per heavy atom. The van der Waals surface area contributed by atoms with Gasteiger partial charge in [-0.1, -0.05) is 19.4 Å². The second-order valence-electron chi connectivity index (χ2n) is 3.08. The van der Waals surface area contributed by atoms with Crippen LogP contribution in [0, 0.1) is 0 Å². The molecule has 0 radical (unpaired) electrons. The topological polar surface area (TPSA) is 36.9 Å². The van der Waals surface area contributed by atoms with Crippen LogP contribution in [0.15, 0.2) is 12.3 Å². The molecule has 0 heterocycles. The second kappa shape index (κ2) is 9.83.